The maximum absolute atomic E-state index is 13.6. The molecule has 8 heteroatoms. The first-order valence-electron chi connectivity index (χ1n) is 9.19. The lowest BCUT2D eigenvalue weighted by molar-refractivity contribution is 0.0948. The van der Waals surface area contributed by atoms with E-state index in [4.69, 9.17) is 4.74 Å². The van der Waals surface area contributed by atoms with Gasteiger partial charge in [-0.05, 0) is 71.8 Å². The Labute approximate surface area is 175 Å². The Morgan fingerprint density at radius 1 is 1.25 bits per heavy atom. The summed E-state index contributed by atoms with van der Waals surface area (Å²) < 4.78 is 19.1. The van der Waals surface area contributed by atoms with E-state index < -0.39 is 11.7 Å². The van der Waals surface area contributed by atoms with Crippen LogP contribution in [0.2, 0.25) is 0 Å². The average molecular weight is 469 g/mol. The molecule has 1 aliphatic carbocycles. The van der Waals surface area contributed by atoms with Gasteiger partial charge < -0.3 is 15.4 Å². The average Bonchev–Trinajstić information content (AvgIpc) is 3.04. The second-order valence-electron chi connectivity index (χ2n) is 6.60. The molecule has 3 rings (SSSR count). The summed E-state index contributed by atoms with van der Waals surface area (Å²) in [6.07, 6.45) is 4.55. The van der Waals surface area contributed by atoms with Gasteiger partial charge in [0.1, 0.15) is 10.8 Å². The van der Waals surface area contributed by atoms with E-state index in [9.17, 15) is 14.0 Å². The Hall–Kier alpha value is -1.77. The second-order valence-corrected chi connectivity index (χ2v) is 8.56. The highest BCUT2D eigenvalue weighted by atomic mass is 79.9. The van der Waals surface area contributed by atoms with E-state index in [1.165, 1.54) is 29.5 Å². The summed E-state index contributed by atoms with van der Waals surface area (Å²) in [6.45, 7) is 1.07. The Morgan fingerprint density at radius 3 is 2.82 bits per heavy atom. The van der Waals surface area contributed by atoms with Gasteiger partial charge in [-0.2, -0.15) is 0 Å². The molecule has 0 atom stereocenters. The van der Waals surface area contributed by atoms with E-state index in [2.05, 4.69) is 26.6 Å². The number of nitrogens with one attached hydrogen (secondary N) is 2. The Morgan fingerprint density at radius 2 is 2.04 bits per heavy atom. The fraction of sp³-hybridized carbons (Fsp3) is 0.400. The van der Waals surface area contributed by atoms with Crippen molar-refractivity contribution in [2.75, 3.05) is 25.6 Å². The van der Waals surface area contributed by atoms with Gasteiger partial charge in [0, 0.05) is 29.6 Å². The zero-order valence-electron chi connectivity index (χ0n) is 15.6. The maximum atomic E-state index is 13.6. The molecule has 0 bridgehead atoms. The first-order chi connectivity index (χ1) is 13.5. The number of hydrogen-bond donors (Lipinski definition) is 2. The van der Waals surface area contributed by atoms with Crippen molar-refractivity contribution < 1.29 is 18.7 Å². The van der Waals surface area contributed by atoms with Crippen LogP contribution in [0.3, 0.4) is 0 Å². The molecule has 0 fully saturated rings. The fourth-order valence-corrected chi connectivity index (χ4v) is 4.95. The molecule has 28 heavy (non-hydrogen) atoms. The molecule has 0 saturated heterocycles. The van der Waals surface area contributed by atoms with Crippen molar-refractivity contribution in [3.05, 3.63) is 50.1 Å². The number of aryl methyl sites for hydroxylation is 1. The van der Waals surface area contributed by atoms with Crippen LogP contribution in [0.1, 0.15) is 50.4 Å². The molecular formula is C20H22BrFN2O3S. The zero-order chi connectivity index (χ0) is 20.1. The van der Waals surface area contributed by atoms with Crippen LogP contribution in [0.25, 0.3) is 0 Å². The van der Waals surface area contributed by atoms with Crippen molar-refractivity contribution in [1.29, 1.82) is 0 Å². The lowest BCUT2D eigenvalue weighted by atomic mass is 9.95. The largest absolute Gasteiger partial charge is 0.385 e. The monoisotopic (exact) mass is 468 g/mol. The number of fused-ring (bicyclic) bond motifs is 1. The minimum atomic E-state index is -0.491. The van der Waals surface area contributed by atoms with Crippen molar-refractivity contribution in [3.8, 4) is 0 Å². The molecule has 5 nitrogen and oxygen atoms in total. The summed E-state index contributed by atoms with van der Waals surface area (Å²) >= 11 is 4.72. The van der Waals surface area contributed by atoms with Crippen LogP contribution in [0.5, 0.6) is 0 Å². The van der Waals surface area contributed by atoms with Gasteiger partial charge in [0.2, 0.25) is 0 Å². The summed E-state index contributed by atoms with van der Waals surface area (Å²) in [5.74, 6) is -1.13. The predicted molar refractivity (Wildman–Crippen MR) is 112 cm³/mol. The molecule has 1 aromatic heterocycles. The number of hydrogen-bond acceptors (Lipinski definition) is 4. The van der Waals surface area contributed by atoms with Gasteiger partial charge in [0.25, 0.3) is 11.8 Å². The molecule has 2 amide bonds. The van der Waals surface area contributed by atoms with Crippen molar-refractivity contribution in [2.45, 2.75) is 32.1 Å². The van der Waals surface area contributed by atoms with Gasteiger partial charge in [-0.3, -0.25) is 9.59 Å². The molecule has 0 spiro atoms. The van der Waals surface area contributed by atoms with Crippen LogP contribution in [-0.4, -0.2) is 32.1 Å². The van der Waals surface area contributed by atoms with Crippen molar-refractivity contribution in [2.24, 2.45) is 0 Å². The SMILES string of the molecule is COCCCNC(=O)c1c(NC(=O)c2cc(F)ccc2Br)sc2c1CCCC2. The highest BCUT2D eigenvalue weighted by Gasteiger charge is 2.26. The number of benzene rings is 1. The van der Waals surface area contributed by atoms with Crippen molar-refractivity contribution in [3.63, 3.8) is 0 Å². The van der Waals surface area contributed by atoms with Crippen LogP contribution in [0.15, 0.2) is 22.7 Å². The molecule has 0 radical (unpaired) electrons. The van der Waals surface area contributed by atoms with Crippen molar-refractivity contribution in [1.82, 2.24) is 5.32 Å². The molecule has 2 N–H and O–H groups in total. The number of amides is 2. The normalized spacial score (nSPS) is 13.1. The van der Waals surface area contributed by atoms with Gasteiger partial charge in [0.15, 0.2) is 0 Å². The summed E-state index contributed by atoms with van der Waals surface area (Å²) in [5, 5.41) is 6.27. The zero-order valence-corrected chi connectivity index (χ0v) is 18.0. The highest BCUT2D eigenvalue weighted by Crippen LogP contribution is 2.38. The van der Waals surface area contributed by atoms with Gasteiger partial charge in [-0.15, -0.1) is 11.3 Å². The highest BCUT2D eigenvalue weighted by molar-refractivity contribution is 9.10. The Balaban J connectivity index is 1.85. The van der Waals surface area contributed by atoms with Gasteiger partial charge in [-0.25, -0.2) is 4.39 Å². The minimum absolute atomic E-state index is 0.191. The summed E-state index contributed by atoms with van der Waals surface area (Å²) in [7, 11) is 1.62. The van der Waals surface area contributed by atoms with Gasteiger partial charge in [-0.1, -0.05) is 0 Å². The van der Waals surface area contributed by atoms with E-state index in [-0.39, 0.29) is 11.5 Å². The smallest absolute Gasteiger partial charge is 0.257 e. The van der Waals surface area contributed by atoms with Crippen LogP contribution < -0.4 is 10.6 Å². The van der Waals surface area contributed by atoms with E-state index >= 15 is 0 Å². The minimum Gasteiger partial charge on any atom is -0.385 e. The lowest BCUT2D eigenvalue weighted by Gasteiger charge is -2.13. The first-order valence-corrected chi connectivity index (χ1v) is 10.8. The predicted octanol–water partition coefficient (Wildman–Crippen LogP) is 4.55. The van der Waals surface area contributed by atoms with Gasteiger partial charge >= 0.3 is 0 Å². The van der Waals surface area contributed by atoms with Crippen LogP contribution in [-0.2, 0) is 17.6 Å². The third-order valence-corrected chi connectivity index (χ3v) is 6.51. The molecule has 1 aliphatic rings. The summed E-state index contributed by atoms with van der Waals surface area (Å²) in [6, 6.07) is 3.95. The molecule has 1 aromatic carbocycles. The van der Waals surface area contributed by atoms with Gasteiger partial charge in [0.05, 0.1) is 11.1 Å². The van der Waals surface area contributed by atoms with Crippen LogP contribution >= 0.6 is 27.3 Å². The second kappa shape index (κ2) is 9.62. The number of carbonyl (C=O) groups is 2. The number of anilines is 1. The molecule has 150 valence electrons. The topological polar surface area (TPSA) is 67.4 Å². The first kappa shape index (κ1) is 21.0. The molecule has 0 saturated carbocycles. The molecular weight excluding hydrogens is 447 g/mol. The van der Waals surface area contributed by atoms with E-state index in [0.29, 0.717) is 34.6 Å². The summed E-state index contributed by atoms with van der Waals surface area (Å²) in [4.78, 5) is 26.7. The van der Waals surface area contributed by atoms with E-state index in [1.54, 1.807) is 7.11 Å². The molecule has 0 unspecified atom stereocenters. The number of methoxy groups -OCH3 is 1. The third-order valence-electron chi connectivity index (χ3n) is 4.61. The number of halogens is 2. The standard InChI is InChI=1S/C20H22BrFN2O3S/c1-27-10-4-9-23-19(26)17-13-5-2-3-6-16(13)28-20(17)24-18(25)14-11-12(22)7-8-15(14)21/h7-8,11H,2-6,9-10H2,1H3,(H,23,26)(H,24,25). The maximum Gasteiger partial charge on any atom is 0.257 e. The van der Waals surface area contributed by atoms with Crippen molar-refractivity contribution >= 4 is 44.1 Å². The Bertz CT molecular complexity index is 885. The fourth-order valence-electron chi connectivity index (χ4n) is 3.24. The van der Waals surface area contributed by atoms with Crippen LogP contribution in [0.4, 0.5) is 9.39 Å². The number of rotatable bonds is 7. The number of carbonyl (C=O) groups excluding carboxylic acids is 2. The molecule has 1 heterocycles. The lowest BCUT2D eigenvalue weighted by Crippen LogP contribution is -2.27. The summed E-state index contributed by atoms with van der Waals surface area (Å²) in [5.41, 5.74) is 1.75. The third kappa shape index (κ3) is 4.79. The molecule has 2 aromatic rings. The molecule has 0 aliphatic heterocycles. The van der Waals surface area contributed by atoms with Crippen LogP contribution in [0, 0.1) is 5.82 Å². The van der Waals surface area contributed by atoms with E-state index in [1.807, 2.05) is 0 Å². The quantitative estimate of drug-likeness (QED) is 0.585. The van der Waals surface area contributed by atoms with E-state index in [0.717, 1.165) is 36.1 Å². The Kier molecular flexibility index (Phi) is 7.20. The number of thiophene rings is 1. The number of ether oxygens (including phenoxy) is 1.